The molecule has 0 unspecified atom stereocenters. The fourth-order valence-corrected chi connectivity index (χ4v) is 2.23. The summed E-state index contributed by atoms with van der Waals surface area (Å²) in [6.07, 6.45) is 1.06. The van der Waals surface area contributed by atoms with Crippen LogP contribution in [0.1, 0.15) is 0 Å². The lowest BCUT2D eigenvalue weighted by Gasteiger charge is -2.09. The fourth-order valence-electron chi connectivity index (χ4n) is 2.12. The monoisotopic (exact) mass is 353 g/mol. The van der Waals surface area contributed by atoms with Crippen LogP contribution in [-0.2, 0) is 26.1 Å². The van der Waals surface area contributed by atoms with Gasteiger partial charge in [-0.15, -0.1) is 5.10 Å². The number of pyridine rings is 1. The van der Waals surface area contributed by atoms with E-state index >= 15 is 0 Å². The number of nitrogens with zero attached hydrogens (tertiary/aromatic N) is 3. The maximum Gasteiger partial charge on any atom is 0.344 e. The Hall–Kier alpha value is -2.16. The van der Waals surface area contributed by atoms with Crippen molar-refractivity contribution in [1.82, 2.24) is 14.8 Å². The maximum absolute atomic E-state index is 11.7. The Balaban J connectivity index is 1.53. The summed E-state index contributed by atoms with van der Waals surface area (Å²) in [4.78, 5) is 15.9. The average Bonchev–Trinajstić information content (AvgIpc) is 3.21. The van der Waals surface area contributed by atoms with Crippen LogP contribution in [0, 0.1) is 0 Å². The molecule has 0 N–H and O–H groups in total. The van der Waals surface area contributed by atoms with Gasteiger partial charge >= 0.3 is 5.97 Å². The van der Waals surface area contributed by atoms with Crippen LogP contribution < -0.4 is 4.74 Å². The molecular formula is C15H16ClN3O5. The number of ether oxygens (including phenoxy) is 4. The lowest BCUT2D eigenvalue weighted by molar-refractivity contribution is -0.158. The summed E-state index contributed by atoms with van der Waals surface area (Å²) in [5.41, 5.74) is 1.44. The first-order chi connectivity index (χ1) is 11.6. The minimum atomic E-state index is -0.522. The lowest BCUT2D eigenvalue weighted by Crippen LogP contribution is -2.22. The highest BCUT2D eigenvalue weighted by Crippen LogP contribution is 2.22. The number of esters is 1. The first kappa shape index (κ1) is 16.7. The minimum Gasteiger partial charge on any atom is -0.465 e. The number of carbonyl (C=O) groups is 1. The third-order valence-corrected chi connectivity index (χ3v) is 3.48. The van der Waals surface area contributed by atoms with Crippen LogP contribution in [0.4, 0.5) is 0 Å². The molecule has 8 nitrogen and oxygen atoms in total. The zero-order chi connectivity index (χ0) is 16.9. The summed E-state index contributed by atoms with van der Waals surface area (Å²) in [6.45, 7) is 0.809. The molecule has 3 rings (SSSR count). The lowest BCUT2D eigenvalue weighted by atomic mass is 10.3. The van der Waals surface area contributed by atoms with E-state index in [1.165, 1.54) is 0 Å². The van der Waals surface area contributed by atoms with Crippen LogP contribution in [0.15, 0.2) is 24.4 Å². The molecule has 2 aromatic heterocycles. The molecule has 0 amide bonds. The van der Waals surface area contributed by atoms with Crippen molar-refractivity contribution in [3.63, 3.8) is 0 Å². The number of hydrogen-bond acceptors (Lipinski definition) is 7. The normalized spacial score (nSPS) is 14.8. The van der Waals surface area contributed by atoms with E-state index in [2.05, 4.69) is 10.1 Å². The zero-order valence-electron chi connectivity index (χ0n) is 13.0. The van der Waals surface area contributed by atoms with Gasteiger partial charge in [0.2, 0.25) is 5.88 Å². The maximum atomic E-state index is 11.7. The number of halogens is 1. The van der Waals surface area contributed by atoms with Crippen LogP contribution >= 0.6 is 11.6 Å². The fraction of sp³-hybridized carbons (Fsp3) is 0.400. The number of aryl methyl sites for hydroxylation is 1. The van der Waals surface area contributed by atoms with E-state index in [4.69, 9.17) is 30.5 Å². The Labute approximate surface area is 143 Å². The molecule has 1 aliphatic rings. The molecule has 0 bridgehead atoms. The standard InChI is InChI=1S/C15H16ClN3O5/c1-19-12(11-3-2-10(16)7-17-11)6-13(18-19)23-8-14(20)24-9-15-21-4-5-22-15/h2-3,6-7,15H,4-5,8-9H2,1H3. The van der Waals surface area contributed by atoms with Gasteiger partial charge in [-0.3, -0.25) is 9.67 Å². The van der Waals surface area contributed by atoms with Crippen molar-refractivity contribution in [1.29, 1.82) is 0 Å². The topological polar surface area (TPSA) is 84.7 Å². The van der Waals surface area contributed by atoms with E-state index in [1.54, 1.807) is 36.1 Å². The first-order valence-electron chi connectivity index (χ1n) is 7.29. The second-order valence-electron chi connectivity index (χ2n) is 5.00. The Morgan fingerprint density at radius 3 is 2.92 bits per heavy atom. The van der Waals surface area contributed by atoms with Crippen LogP contribution in [0.2, 0.25) is 5.02 Å². The van der Waals surface area contributed by atoms with E-state index in [-0.39, 0.29) is 13.2 Å². The van der Waals surface area contributed by atoms with Crippen molar-refractivity contribution in [3.05, 3.63) is 29.4 Å². The predicted molar refractivity (Wildman–Crippen MR) is 83.6 cm³/mol. The van der Waals surface area contributed by atoms with Crippen LogP contribution in [-0.4, -0.2) is 53.5 Å². The molecule has 9 heteroatoms. The van der Waals surface area contributed by atoms with Gasteiger partial charge in [-0.25, -0.2) is 4.79 Å². The summed E-state index contributed by atoms with van der Waals surface area (Å²) in [7, 11) is 1.76. The van der Waals surface area contributed by atoms with Gasteiger partial charge in [0.1, 0.15) is 6.61 Å². The molecule has 1 saturated heterocycles. The molecule has 2 aromatic rings. The number of hydrogen-bond donors (Lipinski definition) is 0. The van der Waals surface area contributed by atoms with Crippen LogP contribution in [0.5, 0.6) is 5.88 Å². The van der Waals surface area contributed by atoms with Crippen molar-refractivity contribution in [2.45, 2.75) is 6.29 Å². The molecular weight excluding hydrogens is 338 g/mol. The van der Waals surface area contributed by atoms with Crippen LogP contribution in [0.3, 0.4) is 0 Å². The predicted octanol–water partition coefficient (Wildman–Crippen LogP) is 1.43. The minimum absolute atomic E-state index is 0.0460. The molecule has 1 fully saturated rings. The highest BCUT2D eigenvalue weighted by Gasteiger charge is 2.18. The SMILES string of the molecule is Cn1nc(OCC(=O)OCC2OCCO2)cc1-c1ccc(Cl)cn1. The summed E-state index contributed by atoms with van der Waals surface area (Å²) in [6, 6.07) is 5.20. The van der Waals surface area contributed by atoms with E-state index in [0.717, 1.165) is 5.69 Å². The first-order valence-corrected chi connectivity index (χ1v) is 7.67. The molecule has 1 aliphatic heterocycles. The van der Waals surface area contributed by atoms with Gasteiger partial charge in [-0.2, -0.15) is 0 Å². The second-order valence-corrected chi connectivity index (χ2v) is 5.43. The van der Waals surface area contributed by atoms with E-state index in [0.29, 0.717) is 29.8 Å². The Bertz CT molecular complexity index is 698. The Morgan fingerprint density at radius 2 is 2.21 bits per heavy atom. The van der Waals surface area contributed by atoms with Gasteiger partial charge in [-0.1, -0.05) is 11.6 Å². The molecule has 0 saturated carbocycles. The molecule has 0 atom stereocenters. The summed E-state index contributed by atoms with van der Waals surface area (Å²) >= 11 is 5.83. The highest BCUT2D eigenvalue weighted by atomic mass is 35.5. The largest absolute Gasteiger partial charge is 0.465 e. The number of carbonyl (C=O) groups excluding carboxylic acids is 1. The van der Waals surface area contributed by atoms with Crippen molar-refractivity contribution < 1.29 is 23.7 Å². The molecule has 24 heavy (non-hydrogen) atoms. The third kappa shape index (κ3) is 4.22. The molecule has 0 spiro atoms. The highest BCUT2D eigenvalue weighted by molar-refractivity contribution is 6.30. The third-order valence-electron chi connectivity index (χ3n) is 3.26. The average molecular weight is 354 g/mol. The molecule has 0 aromatic carbocycles. The Morgan fingerprint density at radius 1 is 1.42 bits per heavy atom. The van der Waals surface area contributed by atoms with Gasteiger partial charge in [0.05, 0.1) is 29.6 Å². The van der Waals surface area contributed by atoms with E-state index in [1.807, 2.05) is 0 Å². The quantitative estimate of drug-likeness (QED) is 0.726. The van der Waals surface area contributed by atoms with Gasteiger partial charge in [0.15, 0.2) is 12.9 Å². The van der Waals surface area contributed by atoms with Crippen LogP contribution in [0.25, 0.3) is 11.4 Å². The Kier molecular flexibility index (Phi) is 5.29. The second kappa shape index (κ2) is 7.61. The summed E-state index contributed by atoms with van der Waals surface area (Å²) < 4.78 is 22.3. The zero-order valence-corrected chi connectivity index (χ0v) is 13.7. The molecule has 3 heterocycles. The number of aromatic nitrogens is 3. The van der Waals surface area contributed by atoms with Crippen molar-refractivity contribution in [2.75, 3.05) is 26.4 Å². The van der Waals surface area contributed by atoms with Gasteiger partial charge in [0, 0.05) is 19.3 Å². The van der Waals surface area contributed by atoms with E-state index < -0.39 is 12.3 Å². The van der Waals surface area contributed by atoms with Crippen molar-refractivity contribution >= 4 is 17.6 Å². The van der Waals surface area contributed by atoms with E-state index in [9.17, 15) is 4.79 Å². The van der Waals surface area contributed by atoms with Gasteiger partial charge in [-0.05, 0) is 12.1 Å². The van der Waals surface area contributed by atoms with Gasteiger partial charge in [0.25, 0.3) is 0 Å². The molecule has 0 aliphatic carbocycles. The number of rotatable bonds is 6. The smallest absolute Gasteiger partial charge is 0.344 e. The summed E-state index contributed by atoms with van der Waals surface area (Å²) in [5, 5.41) is 4.73. The molecule has 0 radical (unpaired) electrons. The van der Waals surface area contributed by atoms with Gasteiger partial charge < -0.3 is 18.9 Å². The van der Waals surface area contributed by atoms with Crippen molar-refractivity contribution in [3.8, 4) is 17.3 Å². The van der Waals surface area contributed by atoms with Crippen molar-refractivity contribution in [2.24, 2.45) is 7.05 Å². The molecule has 128 valence electrons. The summed E-state index contributed by atoms with van der Waals surface area (Å²) in [5.74, 6) is -0.222.